The highest BCUT2D eigenvalue weighted by Gasteiger charge is 2.41. The summed E-state index contributed by atoms with van der Waals surface area (Å²) in [6.07, 6.45) is 0.209. The highest BCUT2D eigenvalue weighted by Crippen LogP contribution is 2.40. The van der Waals surface area contributed by atoms with E-state index in [9.17, 15) is 19.7 Å². The Balaban J connectivity index is 1.49. The van der Waals surface area contributed by atoms with E-state index in [-0.39, 0.29) is 35.2 Å². The Kier molecular flexibility index (Phi) is 5.27. The van der Waals surface area contributed by atoms with Gasteiger partial charge in [-0.1, -0.05) is 17.7 Å². The number of carbonyl (C=O) groups excluding carboxylic acids is 2. The summed E-state index contributed by atoms with van der Waals surface area (Å²) in [7, 11) is 0. The van der Waals surface area contributed by atoms with Crippen molar-refractivity contribution >= 4 is 35.0 Å². The molecule has 0 bridgehead atoms. The molecule has 2 aromatic rings. The molecule has 2 amide bonds. The molecule has 2 aliphatic heterocycles. The molecule has 4 rings (SSSR count). The number of nitrogens with zero attached hydrogens (tertiary/aromatic N) is 3. The first-order chi connectivity index (χ1) is 13.9. The number of non-ortho nitro benzene ring substituents is 1. The van der Waals surface area contributed by atoms with E-state index in [1.165, 1.54) is 12.1 Å². The van der Waals surface area contributed by atoms with Gasteiger partial charge in [0.2, 0.25) is 11.8 Å². The van der Waals surface area contributed by atoms with E-state index in [1.54, 1.807) is 28.8 Å². The normalized spacial score (nSPS) is 21.6. The van der Waals surface area contributed by atoms with Crippen LogP contribution in [0.1, 0.15) is 22.9 Å². The molecule has 2 saturated heterocycles. The zero-order valence-electron chi connectivity index (χ0n) is 16.0. The second kappa shape index (κ2) is 7.87. The highest BCUT2D eigenvalue weighted by molar-refractivity contribution is 7.99. The summed E-state index contributed by atoms with van der Waals surface area (Å²) in [6, 6.07) is 14.1. The molecular formula is C21H21N3O4S. The minimum atomic E-state index is -0.432. The molecule has 29 heavy (non-hydrogen) atoms. The van der Waals surface area contributed by atoms with E-state index in [1.807, 2.05) is 36.1 Å². The molecule has 2 unspecified atom stereocenters. The molecule has 0 radical (unpaired) electrons. The van der Waals surface area contributed by atoms with Crippen molar-refractivity contribution in [2.45, 2.75) is 18.7 Å². The van der Waals surface area contributed by atoms with Gasteiger partial charge in [0.1, 0.15) is 5.37 Å². The molecule has 2 atom stereocenters. The maximum atomic E-state index is 13.2. The molecule has 2 aliphatic rings. The van der Waals surface area contributed by atoms with Gasteiger partial charge in [0.05, 0.1) is 10.8 Å². The van der Waals surface area contributed by atoms with Gasteiger partial charge in [-0.15, -0.1) is 11.8 Å². The summed E-state index contributed by atoms with van der Waals surface area (Å²) in [5.74, 6) is 0.366. The summed E-state index contributed by atoms with van der Waals surface area (Å²) in [5.41, 5.74) is 2.84. The first-order valence-electron chi connectivity index (χ1n) is 9.47. The quantitative estimate of drug-likeness (QED) is 0.568. The summed E-state index contributed by atoms with van der Waals surface area (Å²) in [4.78, 5) is 39.7. The Hall–Kier alpha value is -2.87. The monoisotopic (exact) mass is 411 g/mol. The average Bonchev–Trinajstić information content (AvgIpc) is 3.35. The third-order valence-electron chi connectivity index (χ3n) is 5.38. The van der Waals surface area contributed by atoms with Crippen LogP contribution in [0.25, 0.3) is 0 Å². The molecule has 2 heterocycles. The third kappa shape index (κ3) is 3.85. The molecular weight excluding hydrogens is 390 g/mol. The van der Waals surface area contributed by atoms with Gasteiger partial charge >= 0.3 is 0 Å². The van der Waals surface area contributed by atoms with Crippen LogP contribution >= 0.6 is 11.8 Å². The minimum Gasteiger partial charge on any atom is -0.325 e. The Bertz CT molecular complexity index is 945. The highest BCUT2D eigenvalue weighted by atomic mass is 32.2. The lowest BCUT2D eigenvalue weighted by Gasteiger charge is -2.26. The van der Waals surface area contributed by atoms with Gasteiger partial charge in [0, 0.05) is 43.1 Å². The van der Waals surface area contributed by atoms with Gasteiger partial charge in [-0.25, -0.2) is 0 Å². The fourth-order valence-corrected chi connectivity index (χ4v) is 5.08. The van der Waals surface area contributed by atoms with Gasteiger partial charge in [-0.05, 0) is 36.8 Å². The van der Waals surface area contributed by atoms with E-state index in [0.29, 0.717) is 13.1 Å². The molecule has 0 spiro atoms. The number of nitro groups is 1. The second-order valence-corrected chi connectivity index (χ2v) is 8.53. The van der Waals surface area contributed by atoms with Crippen LogP contribution in [0.15, 0.2) is 48.5 Å². The smallest absolute Gasteiger partial charge is 0.269 e. The fraction of sp³-hybridized carbons (Fsp3) is 0.333. The van der Waals surface area contributed by atoms with E-state index in [4.69, 9.17) is 0 Å². The van der Waals surface area contributed by atoms with Crippen molar-refractivity contribution in [2.75, 3.05) is 23.7 Å². The van der Waals surface area contributed by atoms with Gasteiger partial charge in [-0.2, -0.15) is 0 Å². The summed E-state index contributed by atoms with van der Waals surface area (Å²) in [5, 5.41) is 10.7. The Morgan fingerprint density at radius 2 is 1.83 bits per heavy atom. The SMILES string of the molecule is Cc1ccc(N2CC(C(=O)N3CCSC3c3ccc([N+](=O)[O-])cc3)CC2=O)cc1. The van der Waals surface area contributed by atoms with E-state index >= 15 is 0 Å². The average molecular weight is 411 g/mol. The lowest BCUT2D eigenvalue weighted by atomic mass is 10.1. The van der Waals surface area contributed by atoms with Crippen molar-refractivity contribution < 1.29 is 14.5 Å². The Labute approximate surface area is 172 Å². The van der Waals surface area contributed by atoms with Crippen LogP contribution in [-0.4, -0.2) is 40.5 Å². The summed E-state index contributed by atoms with van der Waals surface area (Å²) >= 11 is 1.64. The maximum absolute atomic E-state index is 13.2. The van der Waals surface area contributed by atoms with Gasteiger partial charge in [-0.3, -0.25) is 19.7 Å². The zero-order chi connectivity index (χ0) is 20.5. The largest absolute Gasteiger partial charge is 0.325 e. The van der Waals surface area contributed by atoms with Gasteiger partial charge in [0.25, 0.3) is 5.69 Å². The summed E-state index contributed by atoms with van der Waals surface area (Å²) in [6.45, 7) is 2.99. The molecule has 8 heteroatoms. The lowest BCUT2D eigenvalue weighted by molar-refractivity contribution is -0.384. The maximum Gasteiger partial charge on any atom is 0.269 e. The van der Waals surface area contributed by atoms with Crippen molar-refractivity contribution in [1.29, 1.82) is 0 Å². The topological polar surface area (TPSA) is 83.8 Å². The number of anilines is 1. The van der Waals surface area contributed by atoms with Crippen molar-refractivity contribution in [3.8, 4) is 0 Å². The van der Waals surface area contributed by atoms with Crippen LogP contribution in [0.3, 0.4) is 0 Å². The van der Waals surface area contributed by atoms with E-state index in [0.717, 1.165) is 22.6 Å². The summed E-state index contributed by atoms with van der Waals surface area (Å²) < 4.78 is 0. The molecule has 2 fully saturated rings. The minimum absolute atomic E-state index is 0.0266. The number of hydrogen-bond acceptors (Lipinski definition) is 5. The predicted molar refractivity (Wildman–Crippen MR) is 112 cm³/mol. The van der Waals surface area contributed by atoms with E-state index in [2.05, 4.69) is 0 Å². The number of amides is 2. The number of carbonyl (C=O) groups is 2. The van der Waals surface area contributed by atoms with Crippen LogP contribution in [0, 0.1) is 23.0 Å². The third-order valence-corrected chi connectivity index (χ3v) is 6.64. The zero-order valence-corrected chi connectivity index (χ0v) is 16.8. The van der Waals surface area contributed by atoms with Crippen LogP contribution in [0.2, 0.25) is 0 Å². The van der Waals surface area contributed by atoms with E-state index < -0.39 is 4.92 Å². The molecule has 7 nitrogen and oxygen atoms in total. The Morgan fingerprint density at radius 1 is 1.14 bits per heavy atom. The number of rotatable bonds is 4. The molecule has 0 saturated carbocycles. The standard InChI is InChI=1S/C21H21N3O4S/c1-14-2-6-17(7-3-14)23-13-16(12-19(23)25)20(26)22-10-11-29-21(22)15-4-8-18(9-5-15)24(27)28/h2-9,16,21H,10-13H2,1H3. The van der Waals surface area contributed by atoms with Gasteiger partial charge in [0.15, 0.2) is 0 Å². The van der Waals surface area contributed by atoms with Crippen molar-refractivity contribution in [3.63, 3.8) is 0 Å². The van der Waals surface area contributed by atoms with Crippen LogP contribution in [-0.2, 0) is 9.59 Å². The predicted octanol–water partition coefficient (Wildman–Crippen LogP) is 3.53. The van der Waals surface area contributed by atoms with Crippen molar-refractivity contribution in [1.82, 2.24) is 4.90 Å². The Morgan fingerprint density at radius 3 is 2.48 bits per heavy atom. The first-order valence-corrected chi connectivity index (χ1v) is 10.5. The van der Waals surface area contributed by atoms with Crippen LogP contribution < -0.4 is 4.90 Å². The molecule has 0 N–H and O–H groups in total. The van der Waals surface area contributed by atoms with Crippen LogP contribution in [0.5, 0.6) is 0 Å². The van der Waals surface area contributed by atoms with Crippen molar-refractivity contribution in [2.24, 2.45) is 5.92 Å². The fourth-order valence-electron chi connectivity index (χ4n) is 3.81. The molecule has 150 valence electrons. The molecule has 0 aromatic heterocycles. The number of aryl methyl sites for hydroxylation is 1. The number of nitro benzene ring substituents is 1. The van der Waals surface area contributed by atoms with Crippen molar-refractivity contribution in [3.05, 3.63) is 69.8 Å². The second-order valence-electron chi connectivity index (χ2n) is 7.34. The van der Waals surface area contributed by atoms with Crippen LogP contribution in [0.4, 0.5) is 11.4 Å². The number of benzene rings is 2. The van der Waals surface area contributed by atoms with Gasteiger partial charge < -0.3 is 9.80 Å². The number of hydrogen-bond donors (Lipinski definition) is 0. The first kappa shape index (κ1) is 19.4. The number of thioether (sulfide) groups is 1. The molecule has 0 aliphatic carbocycles. The molecule has 2 aromatic carbocycles. The lowest BCUT2D eigenvalue weighted by Crippen LogP contribution is -2.37.